The van der Waals surface area contributed by atoms with E-state index < -0.39 is 12.0 Å². The predicted octanol–water partition coefficient (Wildman–Crippen LogP) is 1.21. The topological polar surface area (TPSA) is 95.2 Å². The first kappa shape index (κ1) is 14.2. The van der Waals surface area contributed by atoms with E-state index in [1.54, 1.807) is 19.9 Å². The average molecular weight is 303 g/mol. The molecule has 7 nitrogen and oxygen atoms in total. The number of benzene rings is 1. The Morgan fingerprint density at radius 1 is 1.45 bits per heavy atom. The predicted molar refractivity (Wildman–Crippen MR) is 79.4 cm³/mol. The van der Waals surface area contributed by atoms with Crippen LogP contribution < -0.4 is 20.5 Å². The van der Waals surface area contributed by atoms with Gasteiger partial charge in [-0.1, -0.05) is 6.07 Å². The summed E-state index contributed by atoms with van der Waals surface area (Å²) in [6.45, 7) is 4.02. The minimum absolute atomic E-state index is 0.190. The number of hydrogen-bond acceptors (Lipinski definition) is 7. The Balaban J connectivity index is 2.01. The number of carbonyl (C=O) groups excluding carboxylic acids is 1. The van der Waals surface area contributed by atoms with Gasteiger partial charge in [0.15, 0.2) is 17.5 Å². The lowest BCUT2D eigenvalue weighted by Crippen LogP contribution is -2.37. The summed E-state index contributed by atoms with van der Waals surface area (Å²) in [5, 5.41) is 2.87. The molecule has 0 saturated carbocycles. The molecule has 0 radical (unpaired) electrons. The molecule has 0 bridgehead atoms. The van der Waals surface area contributed by atoms with Crippen LogP contribution in [0.2, 0.25) is 0 Å². The molecule has 1 aromatic carbocycles. The van der Waals surface area contributed by atoms with Gasteiger partial charge in [-0.15, -0.1) is 0 Å². The number of esters is 1. The van der Waals surface area contributed by atoms with E-state index in [0.717, 1.165) is 5.56 Å². The fourth-order valence-electron chi connectivity index (χ4n) is 2.50. The van der Waals surface area contributed by atoms with Gasteiger partial charge >= 0.3 is 5.97 Å². The molecule has 0 spiro atoms. The highest BCUT2D eigenvalue weighted by Crippen LogP contribution is 2.38. The van der Waals surface area contributed by atoms with E-state index in [1.165, 1.54) is 0 Å². The van der Waals surface area contributed by atoms with Crippen molar-refractivity contribution in [2.24, 2.45) is 10.7 Å². The Morgan fingerprint density at radius 2 is 2.23 bits per heavy atom. The SMILES string of the molecule is CCOC(=O)C1=C(C)NC(N)=N[C@@H]1c1ccc2c(c1)OCO2. The fraction of sp³-hybridized carbons (Fsp3) is 0.333. The highest BCUT2D eigenvalue weighted by Gasteiger charge is 2.30. The second kappa shape index (κ2) is 5.59. The van der Waals surface area contributed by atoms with Crippen molar-refractivity contribution in [3.63, 3.8) is 0 Å². The number of nitrogens with one attached hydrogen (secondary N) is 1. The minimum atomic E-state index is -0.533. The van der Waals surface area contributed by atoms with Crippen molar-refractivity contribution in [2.45, 2.75) is 19.9 Å². The highest BCUT2D eigenvalue weighted by molar-refractivity contribution is 5.95. The maximum atomic E-state index is 12.2. The molecule has 0 aromatic heterocycles. The summed E-state index contributed by atoms with van der Waals surface area (Å²) in [6, 6.07) is 4.91. The molecule has 3 N–H and O–H groups in total. The van der Waals surface area contributed by atoms with Crippen LogP contribution in [0.5, 0.6) is 11.5 Å². The van der Waals surface area contributed by atoms with Gasteiger partial charge in [0.05, 0.1) is 12.2 Å². The van der Waals surface area contributed by atoms with Gasteiger partial charge in [0.25, 0.3) is 0 Å². The van der Waals surface area contributed by atoms with E-state index in [-0.39, 0.29) is 12.8 Å². The third kappa shape index (κ3) is 2.45. The minimum Gasteiger partial charge on any atom is -0.463 e. The smallest absolute Gasteiger partial charge is 0.338 e. The maximum absolute atomic E-state index is 12.2. The zero-order chi connectivity index (χ0) is 15.7. The molecular weight excluding hydrogens is 286 g/mol. The average Bonchev–Trinajstić information content (AvgIpc) is 2.93. The van der Waals surface area contributed by atoms with Crippen LogP contribution >= 0.6 is 0 Å². The summed E-state index contributed by atoms with van der Waals surface area (Å²) < 4.78 is 15.8. The van der Waals surface area contributed by atoms with E-state index >= 15 is 0 Å². The molecule has 2 aliphatic rings. The van der Waals surface area contributed by atoms with Crippen molar-refractivity contribution in [1.82, 2.24) is 5.32 Å². The molecule has 1 atom stereocenters. The van der Waals surface area contributed by atoms with Crippen LogP contribution in [0.15, 0.2) is 34.5 Å². The summed E-state index contributed by atoms with van der Waals surface area (Å²) >= 11 is 0. The summed E-state index contributed by atoms with van der Waals surface area (Å²) in [6.07, 6.45) is 0. The summed E-state index contributed by atoms with van der Waals surface area (Å²) in [5.74, 6) is 1.15. The van der Waals surface area contributed by atoms with Crippen molar-refractivity contribution in [3.05, 3.63) is 35.0 Å². The summed E-state index contributed by atoms with van der Waals surface area (Å²) in [4.78, 5) is 16.6. The van der Waals surface area contributed by atoms with Gasteiger partial charge in [0.1, 0.15) is 6.04 Å². The zero-order valence-electron chi connectivity index (χ0n) is 12.4. The molecule has 22 heavy (non-hydrogen) atoms. The molecule has 2 heterocycles. The summed E-state index contributed by atoms with van der Waals surface area (Å²) in [5.41, 5.74) is 7.66. The molecule has 0 fully saturated rings. The van der Waals surface area contributed by atoms with Crippen molar-refractivity contribution in [3.8, 4) is 11.5 Å². The lowest BCUT2D eigenvalue weighted by molar-refractivity contribution is -0.138. The van der Waals surface area contributed by atoms with Crippen LogP contribution in [-0.4, -0.2) is 25.3 Å². The standard InChI is InChI=1S/C15H17N3O4/c1-3-20-14(19)12-8(2)17-15(16)18-13(12)9-4-5-10-11(6-9)22-7-21-10/h4-6,13H,3,7H2,1-2H3,(H3,16,17,18)/t13-/m1/s1. The molecule has 0 amide bonds. The molecule has 3 rings (SSSR count). The van der Waals surface area contributed by atoms with Gasteiger partial charge in [-0.05, 0) is 31.5 Å². The number of guanidine groups is 1. The van der Waals surface area contributed by atoms with E-state index in [2.05, 4.69) is 10.3 Å². The van der Waals surface area contributed by atoms with Crippen molar-refractivity contribution in [1.29, 1.82) is 0 Å². The van der Waals surface area contributed by atoms with Gasteiger partial charge in [-0.25, -0.2) is 9.79 Å². The number of rotatable bonds is 3. The fourth-order valence-corrected chi connectivity index (χ4v) is 2.50. The third-order valence-electron chi connectivity index (χ3n) is 3.47. The van der Waals surface area contributed by atoms with Gasteiger partial charge in [-0.3, -0.25) is 0 Å². The number of hydrogen-bond donors (Lipinski definition) is 2. The Labute approximate surface area is 127 Å². The zero-order valence-corrected chi connectivity index (χ0v) is 12.4. The van der Waals surface area contributed by atoms with Gasteiger partial charge in [0, 0.05) is 5.70 Å². The number of ether oxygens (including phenoxy) is 3. The first-order chi connectivity index (χ1) is 10.6. The maximum Gasteiger partial charge on any atom is 0.338 e. The Hall–Kier alpha value is -2.70. The van der Waals surface area contributed by atoms with Crippen LogP contribution in [0.3, 0.4) is 0 Å². The number of fused-ring (bicyclic) bond motifs is 1. The van der Waals surface area contributed by atoms with Crippen molar-refractivity contribution in [2.75, 3.05) is 13.4 Å². The molecule has 7 heteroatoms. The van der Waals surface area contributed by atoms with E-state index in [4.69, 9.17) is 19.9 Å². The quantitative estimate of drug-likeness (QED) is 0.815. The lowest BCUT2D eigenvalue weighted by Gasteiger charge is -2.24. The number of carbonyl (C=O) groups is 1. The van der Waals surface area contributed by atoms with Crippen LogP contribution in [0, 0.1) is 0 Å². The number of allylic oxidation sites excluding steroid dienone is 1. The summed E-state index contributed by atoms with van der Waals surface area (Å²) in [7, 11) is 0. The van der Waals surface area contributed by atoms with Gasteiger partial charge in [-0.2, -0.15) is 0 Å². The molecular formula is C15H17N3O4. The molecule has 2 aliphatic heterocycles. The Kier molecular flexibility index (Phi) is 3.62. The van der Waals surface area contributed by atoms with Crippen LogP contribution in [0.1, 0.15) is 25.5 Å². The molecule has 116 valence electrons. The van der Waals surface area contributed by atoms with Crippen LogP contribution in [0.4, 0.5) is 0 Å². The Morgan fingerprint density at radius 3 is 3.00 bits per heavy atom. The van der Waals surface area contributed by atoms with Crippen LogP contribution in [0.25, 0.3) is 0 Å². The van der Waals surface area contributed by atoms with Gasteiger partial charge in [0.2, 0.25) is 6.79 Å². The number of aliphatic imine (C=N–C) groups is 1. The van der Waals surface area contributed by atoms with Crippen LogP contribution in [-0.2, 0) is 9.53 Å². The first-order valence-electron chi connectivity index (χ1n) is 6.98. The number of nitrogens with zero attached hydrogens (tertiary/aromatic N) is 1. The normalized spacial score (nSPS) is 19.5. The third-order valence-corrected chi connectivity index (χ3v) is 3.47. The van der Waals surface area contributed by atoms with E-state index in [0.29, 0.717) is 29.4 Å². The number of nitrogens with two attached hydrogens (primary N) is 1. The van der Waals surface area contributed by atoms with Crippen molar-refractivity contribution < 1.29 is 19.0 Å². The monoisotopic (exact) mass is 303 g/mol. The molecule has 0 unspecified atom stereocenters. The van der Waals surface area contributed by atoms with Gasteiger partial charge < -0.3 is 25.3 Å². The second-order valence-electron chi connectivity index (χ2n) is 4.91. The molecule has 1 aromatic rings. The van der Waals surface area contributed by atoms with E-state index in [1.807, 2.05) is 12.1 Å². The first-order valence-corrected chi connectivity index (χ1v) is 6.98. The lowest BCUT2D eigenvalue weighted by atomic mass is 9.96. The highest BCUT2D eigenvalue weighted by atomic mass is 16.7. The second-order valence-corrected chi connectivity index (χ2v) is 4.91. The largest absolute Gasteiger partial charge is 0.463 e. The molecule has 0 aliphatic carbocycles. The Bertz CT molecular complexity index is 681. The van der Waals surface area contributed by atoms with Crippen molar-refractivity contribution >= 4 is 11.9 Å². The molecule has 0 saturated heterocycles. The van der Waals surface area contributed by atoms with E-state index in [9.17, 15) is 4.79 Å².